The molecule has 132 valence electrons. The molecule has 0 aliphatic carbocycles. The van der Waals surface area contributed by atoms with Gasteiger partial charge in [-0.3, -0.25) is 4.79 Å². The number of anilines is 1. The number of carbonyl (C=O) groups excluding carboxylic acids is 1. The zero-order chi connectivity index (χ0) is 17.5. The molecular weight excluding hydrogens is 318 g/mol. The van der Waals surface area contributed by atoms with Gasteiger partial charge in [-0.15, -0.1) is 0 Å². The first-order valence-corrected chi connectivity index (χ1v) is 8.48. The van der Waals surface area contributed by atoms with Crippen molar-refractivity contribution >= 4 is 11.6 Å². The molecular formula is C20H23NO4. The molecule has 3 rings (SSSR count). The zero-order valence-corrected chi connectivity index (χ0v) is 14.4. The standard InChI is InChI=1S/C20H23NO4/c1-23-13-15-5-2-7-17(11-15)21-20(22)16-6-3-8-18(12-16)25-14-19-9-4-10-24-19/h2-3,5-8,11-12,19H,4,9-10,13-14H2,1H3,(H,21,22). The van der Waals surface area contributed by atoms with Crippen LogP contribution in [0.15, 0.2) is 48.5 Å². The maximum atomic E-state index is 12.5. The number of hydrogen-bond donors (Lipinski definition) is 1. The predicted octanol–water partition coefficient (Wildman–Crippen LogP) is 3.64. The van der Waals surface area contributed by atoms with E-state index in [1.807, 2.05) is 36.4 Å². The number of ether oxygens (including phenoxy) is 3. The number of carbonyl (C=O) groups is 1. The van der Waals surface area contributed by atoms with Gasteiger partial charge in [-0.2, -0.15) is 0 Å². The number of benzene rings is 2. The van der Waals surface area contributed by atoms with Gasteiger partial charge in [-0.05, 0) is 48.7 Å². The average molecular weight is 341 g/mol. The van der Waals surface area contributed by atoms with Crippen LogP contribution in [0.4, 0.5) is 5.69 Å². The molecule has 1 saturated heterocycles. The molecule has 1 aliphatic rings. The van der Waals surface area contributed by atoms with E-state index in [0.29, 0.717) is 24.5 Å². The fraction of sp³-hybridized carbons (Fsp3) is 0.350. The van der Waals surface area contributed by atoms with Gasteiger partial charge in [0, 0.05) is 25.0 Å². The fourth-order valence-electron chi connectivity index (χ4n) is 2.80. The van der Waals surface area contributed by atoms with Crippen molar-refractivity contribution in [2.75, 3.05) is 25.6 Å². The molecule has 1 amide bonds. The lowest BCUT2D eigenvalue weighted by molar-refractivity contribution is 0.0679. The van der Waals surface area contributed by atoms with E-state index in [1.165, 1.54) is 0 Å². The molecule has 0 bridgehead atoms. The van der Waals surface area contributed by atoms with E-state index in [4.69, 9.17) is 14.2 Å². The highest BCUT2D eigenvalue weighted by molar-refractivity contribution is 6.04. The number of methoxy groups -OCH3 is 1. The zero-order valence-electron chi connectivity index (χ0n) is 14.4. The topological polar surface area (TPSA) is 56.8 Å². The third-order valence-electron chi connectivity index (χ3n) is 4.05. The molecule has 1 aliphatic heterocycles. The van der Waals surface area contributed by atoms with E-state index in [2.05, 4.69) is 5.32 Å². The van der Waals surface area contributed by atoms with Crippen molar-refractivity contribution in [1.29, 1.82) is 0 Å². The van der Waals surface area contributed by atoms with Gasteiger partial charge >= 0.3 is 0 Å². The first kappa shape index (κ1) is 17.5. The largest absolute Gasteiger partial charge is 0.491 e. The van der Waals surface area contributed by atoms with Crippen LogP contribution in [0.2, 0.25) is 0 Å². The van der Waals surface area contributed by atoms with Gasteiger partial charge in [0.1, 0.15) is 12.4 Å². The minimum atomic E-state index is -0.169. The second-order valence-electron chi connectivity index (χ2n) is 6.06. The van der Waals surface area contributed by atoms with E-state index in [0.717, 1.165) is 30.7 Å². The highest BCUT2D eigenvalue weighted by atomic mass is 16.5. The summed E-state index contributed by atoms with van der Waals surface area (Å²) in [5.74, 6) is 0.508. The van der Waals surface area contributed by atoms with E-state index in [9.17, 15) is 4.79 Å². The first-order valence-electron chi connectivity index (χ1n) is 8.48. The summed E-state index contributed by atoms with van der Waals surface area (Å²) in [6.45, 7) is 1.83. The quantitative estimate of drug-likeness (QED) is 0.835. The van der Waals surface area contributed by atoms with Gasteiger partial charge in [-0.25, -0.2) is 0 Å². The van der Waals surface area contributed by atoms with Crippen LogP contribution in [-0.4, -0.2) is 32.3 Å². The number of rotatable bonds is 7. The van der Waals surface area contributed by atoms with Crippen LogP contribution in [0, 0.1) is 0 Å². The molecule has 0 radical (unpaired) electrons. The van der Waals surface area contributed by atoms with E-state index < -0.39 is 0 Å². The van der Waals surface area contributed by atoms with E-state index in [-0.39, 0.29) is 12.0 Å². The summed E-state index contributed by atoms with van der Waals surface area (Å²) in [6.07, 6.45) is 2.26. The Morgan fingerprint density at radius 3 is 2.92 bits per heavy atom. The SMILES string of the molecule is COCc1cccc(NC(=O)c2cccc(OCC3CCCO3)c2)c1. The molecule has 0 aromatic heterocycles. The molecule has 1 heterocycles. The van der Waals surface area contributed by atoms with Gasteiger partial charge < -0.3 is 19.5 Å². The molecule has 2 aromatic carbocycles. The van der Waals surface area contributed by atoms with Crippen molar-refractivity contribution in [2.24, 2.45) is 0 Å². The predicted molar refractivity (Wildman–Crippen MR) is 96.0 cm³/mol. The summed E-state index contributed by atoms with van der Waals surface area (Å²) >= 11 is 0. The normalized spacial score (nSPS) is 16.6. The maximum absolute atomic E-state index is 12.5. The van der Waals surface area contributed by atoms with Crippen LogP contribution in [0.1, 0.15) is 28.8 Å². The molecule has 0 spiro atoms. The van der Waals surface area contributed by atoms with Crippen molar-refractivity contribution < 1.29 is 19.0 Å². The number of nitrogens with one attached hydrogen (secondary N) is 1. The summed E-state index contributed by atoms with van der Waals surface area (Å²) in [5.41, 5.74) is 2.31. The summed E-state index contributed by atoms with van der Waals surface area (Å²) in [5, 5.41) is 2.91. The van der Waals surface area contributed by atoms with Crippen LogP contribution >= 0.6 is 0 Å². The molecule has 1 unspecified atom stereocenters. The van der Waals surface area contributed by atoms with Crippen molar-refractivity contribution in [3.63, 3.8) is 0 Å². The van der Waals surface area contributed by atoms with Crippen molar-refractivity contribution in [3.8, 4) is 5.75 Å². The summed E-state index contributed by atoms with van der Waals surface area (Å²) < 4.78 is 16.4. The summed E-state index contributed by atoms with van der Waals surface area (Å²) in [7, 11) is 1.65. The monoisotopic (exact) mass is 341 g/mol. The molecule has 5 heteroatoms. The lowest BCUT2D eigenvalue weighted by Crippen LogP contribution is -2.17. The Morgan fingerprint density at radius 1 is 1.24 bits per heavy atom. The van der Waals surface area contributed by atoms with Crippen molar-refractivity contribution in [2.45, 2.75) is 25.6 Å². The Morgan fingerprint density at radius 2 is 2.12 bits per heavy atom. The van der Waals surface area contributed by atoms with Crippen LogP contribution in [-0.2, 0) is 16.1 Å². The minimum absolute atomic E-state index is 0.154. The third kappa shape index (κ3) is 5.05. The highest BCUT2D eigenvalue weighted by Crippen LogP contribution is 2.19. The van der Waals surface area contributed by atoms with Gasteiger partial charge in [-0.1, -0.05) is 18.2 Å². The molecule has 0 saturated carbocycles. The Hall–Kier alpha value is -2.37. The molecule has 1 N–H and O–H groups in total. The fourth-order valence-corrected chi connectivity index (χ4v) is 2.80. The van der Waals surface area contributed by atoms with Crippen LogP contribution in [0.3, 0.4) is 0 Å². The van der Waals surface area contributed by atoms with Gasteiger partial charge in [0.2, 0.25) is 0 Å². The Kier molecular flexibility index (Phi) is 6.04. The van der Waals surface area contributed by atoms with Gasteiger partial charge in [0.15, 0.2) is 0 Å². The van der Waals surface area contributed by atoms with Crippen LogP contribution in [0.25, 0.3) is 0 Å². The molecule has 2 aromatic rings. The number of amides is 1. The van der Waals surface area contributed by atoms with Crippen molar-refractivity contribution in [3.05, 3.63) is 59.7 Å². The second-order valence-corrected chi connectivity index (χ2v) is 6.06. The minimum Gasteiger partial charge on any atom is -0.491 e. The Bertz CT molecular complexity index is 710. The van der Waals surface area contributed by atoms with Crippen molar-refractivity contribution in [1.82, 2.24) is 0 Å². The summed E-state index contributed by atoms with van der Waals surface area (Å²) in [6, 6.07) is 14.8. The van der Waals surface area contributed by atoms with E-state index in [1.54, 1.807) is 19.2 Å². The Labute approximate surface area is 147 Å². The Balaban J connectivity index is 1.61. The molecule has 25 heavy (non-hydrogen) atoms. The maximum Gasteiger partial charge on any atom is 0.255 e. The number of hydrogen-bond acceptors (Lipinski definition) is 4. The lowest BCUT2D eigenvalue weighted by Gasteiger charge is -2.12. The van der Waals surface area contributed by atoms with Gasteiger partial charge in [0.25, 0.3) is 5.91 Å². The third-order valence-corrected chi connectivity index (χ3v) is 4.05. The molecule has 1 fully saturated rings. The highest BCUT2D eigenvalue weighted by Gasteiger charge is 2.16. The summed E-state index contributed by atoms with van der Waals surface area (Å²) in [4.78, 5) is 12.5. The van der Waals surface area contributed by atoms with E-state index >= 15 is 0 Å². The second kappa shape index (κ2) is 8.65. The average Bonchev–Trinajstić information content (AvgIpc) is 3.14. The van der Waals surface area contributed by atoms with Gasteiger partial charge in [0.05, 0.1) is 12.7 Å². The van der Waals surface area contributed by atoms with Crippen LogP contribution in [0.5, 0.6) is 5.75 Å². The molecule has 1 atom stereocenters. The lowest BCUT2D eigenvalue weighted by atomic mass is 10.1. The molecule has 5 nitrogen and oxygen atoms in total. The van der Waals surface area contributed by atoms with Crippen LogP contribution < -0.4 is 10.1 Å². The first-order chi connectivity index (χ1) is 12.2. The smallest absolute Gasteiger partial charge is 0.255 e.